The second kappa shape index (κ2) is 8.99. The molecule has 0 saturated heterocycles. The molecule has 0 unspecified atom stereocenters. The first-order valence-corrected chi connectivity index (χ1v) is 6.08. The molecule has 0 amide bonds. The molecule has 0 radical (unpaired) electrons. The van der Waals surface area contributed by atoms with Crippen LogP contribution >= 0.6 is 11.3 Å². The van der Waals surface area contributed by atoms with Crippen molar-refractivity contribution < 1.29 is 9.53 Å². The predicted octanol–water partition coefficient (Wildman–Crippen LogP) is 3.31. The predicted molar refractivity (Wildman–Crippen MR) is 68.7 cm³/mol. The van der Waals surface area contributed by atoms with Gasteiger partial charge in [0.25, 0.3) is 6.47 Å². The molecule has 0 aromatic carbocycles. The molecule has 1 aromatic rings. The fraction of sp³-hybridized carbons (Fsp3) is 0.462. The molecule has 0 aliphatic rings. The van der Waals surface area contributed by atoms with Crippen molar-refractivity contribution in [2.24, 2.45) is 0 Å². The van der Waals surface area contributed by atoms with Gasteiger partial charge in [-0.05, 0) is 32.4 Å². The number of thiophene rings is 1. The van der Waals surface area contributed by atoms with Crippen molar-refractivity contribution in [1.82, 2.24) is 0 Å². The Bertz CT molecular complexity index is 369. The lowest BCUT2D eigenvalue weighted by atomic mass is 10.3. The van der Waals surface area contributed by atoms with E-state index in [2.05, 4.69) is 43.4 Å². The van der Waals surface area contributed by atoms with Gasteiger partial charge >= 0.3 is 0 Å². The molecule has 0 spiro atoms. The maximum Gasteiger partial charge on any atom is 0.293 e. The molecule has 2 nitrogen and oxygen atoms in total. The third-order valence-electron chi connectivity index (χ3n) is 1.65. The van der Waals surface area contributed by atoms with E-state index in [1.807, 2.05) is 0 Å². The Kier molecular flexibility index (Phi) is 8.28. The zero-order valence-electron chi connectivity index (χ0n) is 10.3. The molecule has 16 heavy (non-hydrogen) atoms. The maximum absolute atomic E-state index is 9.18. The van der Waals surface area contributed by atoms with E-state index in [9.17, 15) is 4.79 Å². The van der Waals surface area contributed by atoms with Gasteiger partial charge in [0.1, 0.15) is 0 Å². The molecule has 1 rings (SSSR count). The Balaban J connectivity index is 0.000000385. The monoisotopic (exact) mass is 238 g/mol. The summed E-state index contributed by atoms with van der Waals surface area (Å²) in [6, 6.07) is 2.18. The highest BCUT2D eigenvalue weighted by Gasteiger charge is 1.97. The summed E-state index contributed by atoms with van der Waals surface area (Å²) in [4.78, 5) is 11.8. The topological polar surface area (TPSA) is 26.3 Å². The molecule has 0 fully saturated rings. The lowest BCUT2D eigenvalue weighted by Crippen LogP contribution is -1.80. The minimum atomic E-state index is 0.431. The second-order valence-corrected chi connectivity index (χ2v) is 4.33. The molecular weight excluding hydrogens is 220 g/mol. The Morgan fingerprint density at radius 1 is 1.44 bits per heavy atom. The highest BCUT2D eigenvalue weighted by atomic mass is 32.1. The maximum atomic E-state index is 9.18. The average molecular weight is 238 g/mol. The van der Waals surface area contributed by atoms with Crippen LogP contribution in [0.4, 0.5) is 0 Å². The van der Waals surface area contributed by atoms with Crippen LogP contribution in [-0.4, -0.2) is 13.1 Å². The number of hydrogen-bond acceptors (Lipinski definition) is 3. The first kappa shape index (κ1) is 14.7. The van der Waals surface area contributed by atoms with Crippen molar-refractivity contribution in [3.05, 3.63) is 21.4 Å². The Hall–Kier alpha value is -1.27. The molecule has 0 atom stereocenters. The quantitative estimate of drug-likeness (QED) is 0.583. The van der Waals surface area contributed by atoms with E-state index in [1.165, 1.54) is 15.3 Å². The second-order valence-electron chi connectivity index (χ2n) is 3.08. The third-order valence-corrected chi connectivity index (χ3v) is 2.72. The fourth-order valence-corrected chi connectivity index (χ4v) is 1.90. The SMILES string of the molecule is CCC#Cc1sc(C)cc1C.CCOC=O. The zero-order valence-corrected chi connectivity index (χ0v) is 11.1. The average Bonchev–Trinajstić information content (AvgIpc) is 2.56. The summed E-state index contributed by atoms with van der Waals surface area (Å²) in [5.74, 6) is 6.23. The first-order valence-electron chi connectivity index (χ1n) is 5.26. The van der Waals surface area contributed by atoms with Crippen molar-refractivity contribution in [2.75, 3.05) is 6.61 Å². The normalized spacial score (nSPS) is 8.25. The van der Waals surface area contributed by atoms with Gasteiger partial charge in [0.05, 0.1) is 11.5 Å². The van der Waals surface area contributed by atoms with Gasteiger partial charge in [-0.2, -0.15) is 0 Å². The van der Waals surface area contributed by atoms with E-state index in [0.29, 0.717) is 13.1 Å². The van der Waals surface area contributed by atoms with Gasteiger partial charge < -0.3 is 4.74 Å². The van der Waals surface area contributed by atoms with Gasteiger partial charge in [-0.25, -0.2) is 0 Å². The highest BCUT2D eigenvalue weighted by molar-refractivity contribution is 7.12. The van der Waals surface area contributed by atoms with Crippen LogP contribution in [0.15, 0.2) is 6.07 Å². The van der Waals surface area contributed by atoms with E-state index >= 15 is 0 Å². The van der Waals surface area contributed by atoms with Crippen LogP contribution in [0.2, 0.25) is 0 Å². The van der Waals surface area contributed by atoms with E-state index in [4.69, 9.17) is 0 Å². The fourth-order valence-electron chi connectivity index (χ4n) is 1.00. The first-order chi connectivity index (χ1) is 7.65. The zero-order chi connectivity index (χ0) is 12.4. The summed E-state index contributed by atoms with van der Waals surface area (Å²) in [6.07, 6.45) is 0.941. The van der Waals surface area contributed by atoms with Crippen LogP contribution in [0, 0.1) is 25.7 Å². The van der Waals surface area contributed by atoms with Gasteiger partial charge in [0.2, 0.25) is 0 Å². The molecule has 0 aliphatic carbocycles. The van der Waals surface area contributed by atoms with Crippen molar-refractivity contribution >= 4 is 17.8 Å². The molecule has 3 heteroatoms. The van der Waals surface area contributed by atoms with E-state index < -0.39 is 0 Å². The largest absolute Gasteiger partial charge is 0.468 e. The molecular formula is C13H18O2S. The van der Waals surface area contributed by atoms with Crippen LogP contribution in [0.3, 0.4) is 0 Å². The van der Waals surface area contributed by atoms with Crippen LogP contribution in [-0.2, 0) is 9.53 Å². The summed E-state index contributed by atoms with van der Waals surface area (Å²) in [6.45, 7) is 8.97. The molecule has 0 saturated carbocycles. The summed E-state index contributed by atoms with van der Waals surface area (Å²) >= 11 is 1.78. The number of carbonyl (C=O) groups excluding carboxylic acids is 1. The van der Waals surface area contributed by atoms with Crippen molar-refractivity contribution in [3.63, 3.8) is 0 Å². The highest BCUT2D eigenvalue weighted by Crippen LogP contribution is 2.19. The number of aryl methyl sites for hydroxylation is 2. The van der Waals surface area contributed by atoms with Gasteiger partial charge in [0.15, 0.2) is 0 Å². The summed E-state index contributed by atoms with van der Waals surface area (Å²) < 4.78 is 4.15. The van der Waals surface area contributed by atoms with Crippen molar-refractivity contribution in [1.29, 1.82) is 0 Å². The van der Waals surface area contributed by atoms with Crippen LogP contribution in [0.5, 0.6) is 0 Å². The lowest BCUT2D eigenvalue weighted by molar-refractivity contribution is -0.128. The van der Waals surface area contributed by atoms with Crippen molar-refractivity contribution in [2.45, 2.75) is 34.1 Å². The van der Waals surface area contributed by atoms with E-state index in [0.717, 1.165) is 6.42 Å². The molecule has 0 aliphatic heterocycles. The Morgan fingerprint density at radius 3 is 2.44 bits per heavy atom. The summed E-state index contributed by atoms with van der Waals surface area (Å²) in [7, 11) is 0. The number of hydrogen-bond donors (Lipinski definition) is 0. The molecule has 0 bridgehead atoms. The summed E-state index contributed by atoms with van der Waals surface area (Å²) in [5, 5.41) is 0. The van der Waals surface area contributed by atoms with Crippen LogP contribution < -0.4 is 0 Å². The van der Waals surface area contributed by atoms with Gasteiger partial charge in [-0.1, -0.05) is 18.8 Å². The minimum Gasteiger partial charge on any atom is -0.468 e. The number of rotatable bonds is 2. The van der Waals surface area contributed by atoms with Gasteiger partial charge in [0, 0.05) is 11.3 Å². The Morgan fingerprint density at radius 2 is 2.12 bits per heavy atom. The third kappa shape index (κ3) is 6.26. The van der Waals surface area contributed by atoms with Gasteiger partial charge in [-0.3, -0.25) is 4.79 Å². The number of carbonyl (C=O) groups is 1. The minimum absolute atomic E-state index is 0.431. The van der Waals surface area contributed by atoms with Crippen LogP contribution in [0.1, 0.15) is 35.6 Å². The van der Waals surface area contributed by atoms with E-state index in [-0.39, 0.29) is 0 Å². The standard InChI is InChI=1S/C10H12S.C3H6O2/c1-4-5-6-10-8(2)7-9(3)11-10;1-2-5-3-4/h7H,4H2,1-3H3;3H,2H2,1H3. The van der Waals surface area contributed by atoms with Crippen molar-refractivity contribution in [3.8, 4) is 11.8 Å². The number of ether oxygens (including phenoxy) is 1. The molecule has 0 N–H and O–H groups in total. The van der Waals surface area contributed by atoms with Crippen LogP contribution in [0.25, 0.3) is 0 Å². The smallest absolute Gasteiger partial charge is 0.293 e. The lowest BCUT2D eigenvalue weighted by Gasteiger charge is -1.82. The van der Waals surface area contributed by atoms with E-state index in [1.54, 1.807) is 18.3 Å². The molecule has 88 valence electrons. The summed E-state index contributed by atoms with van der Waals surface area (Å²) in [5.41, 5.74) is 1.31. The van der Waals surface area contributed by atoms with Gasteiger partial charge in [-0.15, -0.1) is 11.3 Å². The molecule has 1 aromatic heterocycles. The molecule has 1 heterocycles. The Labute approximate surface area is 102 Å².